The van der Waals surface area contributed by atoms with Crippen LogP contribution in [0.3, 0.4) is 0 Å². The van der Waals surface area contributed by atoms with Gasteiger partial charge in [0.1, 0.15) is 0 Å². The third kappa shape index (κ3) is 7.89. The minimum Gasteiger partial charge on any atom is -0.147 e. The van der Waals surface area contributed by atoms with Crippen LogP contribution in [-0.2, 0) is 59.0 Å². The Morgan fingerprint density at radius 2 is 0.826 bits per heavy atom. The molecule has 0 unspecified atom stereocenters. The van der Waals surface area contributed by atoms with E-state index in [-0.39, 0.29) is 37.2 Å². The molecule has 0 nitrogen and oxygen atoms in total. The van der Waals surface area contributed by atoms with E-state index in [1.54, 1.807) is 20.8 Å². The number of aryl methyl sites for hydroxylation is 6. The van der Waals surface area contributed by atoms with E-state index >= 15 is 0 Å². The van der Waals surface area contributed by atoms with Gasteiger partial charge in [0, 0.05) is 0 Å². The van der Waals surface area contributed by atoms with Gasteiger partial charge in [0.25, 0.3) is 0 Å². The topological polar surface area (TPSA) is 0 Å². The number of halogens is 3. The Morgan fingerprint density at radius 1 is 0.500 bits per heavy atom. The number of hydrogen-bond donors (Lipinski definition) is 0. The van der Waals surface area contributed by atoms with Crippen molar-refractivity contribution in [2.45, 2.75) is 86.5 Å². The number of hydrogen-bond acceptors (Lipinski definition) is 0. The molecule has 0 N–H and O–H groups in total. The molecule has 0 amide bonds. The molecular formula is C41H50Cl3SiTi. The Morgan fingerprint density at radius 3 is 1.13 bits per heavy atom. The van der Waals surface area contributed by atoms with Crippen molar-refractivity contribution in [1.82, 2.24) is 0 Å². The Kier molecular flexibility index (Phi) is 15.8. The van der Waals surface area contributed by atoms with Crippen LogP contribution < -0.4 is 15.6 Å². The van der Waals surface area contributed by atoms with Gasteiger partial charge in [0.2, 0.25) is 0 Å². The quantitative estimate of drug-likeness (QED) is 0.107. The summed E-state index contributed by atoms with van der Waals surface area (Å²) >= 11 is 2.42. The van der Waals surface area contributed by atoms with Gasteiger partial charge in [-0.05, 0) is 0 Å². The molecule has 0 aromatic heterocycles. The smallest absolute Gasteiger partial charge is 0.147 e. The maximum atomic E-state index is 2.60. The SMILES string of the molecule is CCc1cc(CC)cc([Si](C2=[C]([Ti])CC=C2c2ccccc2)(c2cc(CC)cc(CC)c2)c2cc(CC)cc(CC)c2)c1.Cl.Cl.Cl. The van der Waals surface area contributed by atoms with Gasteiger partial charge in [-0.15, -0.1) is 37.2 Å². The zero-order valence-corrected chi connectivity index (χ0v) is 33.3. The fourth-order valence-electron chi connectivity index (χ4n) is 6.97. The maximum Gasteiger partial charge on any atom is -0.147 e. The molecular weight excluding hydrogens is 675 g/mol. The fourth-order valence-corrected chi connectivity index (χ4v) is 13.7. The van der Waals surface area contributed by atoms with E-state index in [4.69, 9.17) is 0 Å². The first-order valence-electron chi connectivity index (χ1n) is 16.5. The summed E-state index contributed by atoms with van der Waals surface area (Å²) in [4.78, 5) is 0. The minimum absolute atomic E-state index is 0. The molecule has 243 valence electrons. The molecule has 0 saturated heterocycles. The van der Waals surface area contributed by atoms with Crippen LogP contribution in [0, 0.1) is 0 Å². The van der Waals surface area contributed by atoms with Crippen LogP contribution in [0.15, 0.2) is 100 Å². The number of rotatable bonds is 11. The van der Waals surface area contributed by atoms with Crippen LogP contribution in [-0.4, -0.2) is 8.07 Å². The van der Waals surface area contributed by atoms with Gasteiger partial charge in [-0.3, -0.25) is 0 Å². The van der Waals surface area contributed by atoms with Gasteiger partial charge in [-0.25, -0.2) is 0 Å². The van der Waals surface area contributed by atoms with Crippen LogP contribution in [0.1, 0.15) is 86.9 Å². The molecule has 4 aromatic carbocycles. The molecule has 0 atom stereocenters. The summed E-state index contributed by atoms with van der Waals surface area (Å²) in [6, 6.07) is 34.1. The van der Waals surface area contributed by atoms with Gasteiger partial charge in [0.15, 0.2) is 0 Å². The molecule has 0 radical (unpaired) electrons. The fraction of sp³-hybridized carbons (Fsp3) is 0.317. The molecule has 0 heterocycles. The Hall–Kier alpha value is -1.84. The van der Waals surface area contributed by atoms with E-state index in [1.165, 1.54) is 48.4 Å². The Labute approximate surface area is 310 Å². The van der Waals surface area contributed by atoms with E-state index in [2.05, 4.69) is 153 Å². The zero-order valence-electron chi connectivity index (χ0n) is 28.3. The summed E-state index contributed by atoms with van der Waals surface area (Å²) in [5.41, 5.74) is 11.5. The van der Waals surface area contributed by atoms with Crippen molar-refractivity contribution in [3.8, 4) is 0 Å². The average molecular weight is 725 g/mol. The first-order valence-corrected chi connectivity index (χ1v) is 19.3. The van der Waals surface area contributed by atoms with Gasteiger partial charge in [0.05, 0.1) is 0 Å². The van der Waals surface area contributed by atoms with Crippen molar-refractivity contribution in [3.63, 3.8) is 0 Å². The first kappa shape index (κ1) is 40.3. The molecule has 0 bridgehead atoms. The summed E-state index contributed by atoms with van der Waals surface area (Å²) in [7, 11) is -2.77. The number of benzene rings is 4. The van der Waals surface area contributed by atoms with Crippen molar-refractivity contribution in [3.05, 3.63) is 139 Å². The van der Waals surface area contributed by atoms with Crippen LogP contribution in [0.5, 0.6) is 0 Å². The monoisotopic (exact) mass is 723 g/mol. The molecule has 4 aromatic rings. The van der Waals surface area contributed by atoms with Crippen LogP contribution in [0.4, 0.5) is 0 Å². The summed E-state index contributed by atoms with van der Waals surface area (Å²) < 4.78 is 1.53. The molecule has 1 aliphatic carbocycles. The van der Waals surface area contributed by atoms with Crippen LogP contribution >= 0.6 is 37.2 Å². The van der Waals surface area contributed by atoms with Gasteiger partial charge in [-0.2, -0.15) is 0 Å². The summed E-state index contributed by atoms with van der Waals surface area (Å²) in [5, 5.41) is 6.26. The third-order valence-corrected chi connectivity index (χ3v) is 15.3. The van der Waals surface area contributed by atoms with Gasteiger partial charge in [-0.1, -0.05) is 0 Å². The standard InChI is InChI=1S/C41H47Si.3ClH.Ti/c1-7-30-21-31(8-2)25-37(24-30)42(38-26-32(9-3)22-33(10-4)27-38,39-28-34(11-5)23-35(12-6)29-39)41-20-16-19-40(41)36-17-14-13-15-18-36;;;;/h13-15,17-19,21-29H,7-12,16H2,1-6H3;3*1H;. The van der Waals surface area contributed by atoms with Crippen LogP contribution in [0.25, 0.3) is 5.57 Å². The predicted octanol–water partition coefficient (Wildman–Crippen LogP) is 9.62. The zero-order chi connectivity index (χ0) is 30.6. The Balaban J connectivity index is 0.00000245. The second-order valence-corrected chi connectivity index (χ2v) is 16.7. The van der Waals surface area contributed by atoms with Gasteiger partial charge < -0.3 is 0 Å². The van der Waals surface area contributed by atoms with Crippen molar-refractivity contribution < 1.29 is 20.4 Å². The number of allylic oxidation sites excluding steroid dienone is 4. The summed E-state index contributed by atoms with van der Waals surface area (Å²) in [5.74, 6) is 0. The third-order valence-electron chi connectivity index (χ3n) is 9.45. The molecule has 0 spiro atoms. The minimum atomic E-state index is -2.77. The first-order chi connectivity index (χ1) is 20.9. The Bertz CT molecular complexity index is 1470. The summed E-state index contributed by atoms with van der Waals surface area (Å²) in [6.07, 6.45) is 9.85. The van der Waals surface area contributed by atoms with Crippen LogP contribution in [0.2, 0.25) is 0 Å². The maximum absolute atomic E-state index is 2.77. The van der Waals surface area contributed by atoms with Crippen molar-refractivity contribution in [2.75, 3.05) is 0 Å². The van der Waals surface area contributed by atoms with E-state index in [1.807, 2.05) is 0 Å². The van der Waals surface area contributed by atoms with Crippen molar-refractivity contribution in [1.29, 1.82) is 0 Å². The van der Waals surface area contributed by atoms with E-state index in [0.29, 0.717) is 0 Å². The second kappa shape index (κ2) is 18.1. The molecule has 5 heteroatoms. The summed E-state index contributed by atoms with van der Waals surface area (Å²) in [6.45, 7) is 13.9. The average Bonchev–Trinajstić information content (AvgIpc) is 3.45. The molecule has 0 saturated carbocycles. The van der Waals surface area contributed by atoms with Gasteiger partial charge >= 0.3 is 275 Å². The normalized spacial score (nSPS) is 12.6. The van der Waals surface area contributed by atoms with E-state index < -0.39 is 8.07 Å². The second-order valence-electron chi connectivity index (χ2n) is 12.0. The molecule has 0 aliphatic heterocycles. The predicted molar refractivity (Wildman–Crippen MR) is 208 cm³/mol. The molecule has 5 rings (SSSR count). The molecule has 46 heavy (non-hydrogen) atoms. The molecule has 0 fully saturated rings. The van der Waals surface area contributed by atoms with Crippen molar-refractivity contribution in [2.24, 2.45) is 0 Å². The largest absolute Gasteiger partial charge is 0.147 e. The van der Waals surface area contributed by atoms with E-state index in [0.717, 1.165) is 44.9 Å². The molecule has 1 aliphatic rings. The van der Waals surface area contributed by atoms with E-state index in [9.17, 15) is 0 Å². The van der Waals surface area contributed by atoms with Crippen molar-refractivity contribution >= 4 is 66.4 Å².